The quantitative estimate of drug-likeness (QED) is 0.133. The average Bonchev–Trinajstić information content (AvgIpc) is 3.34. The Morgan fingerprint density at radius 3 is 0.237 bits per heavy atom. The fourth-order valence-electron chi connectivity index (χ4n) is 9.38. The van der Waals surface area contributed by atoms with Gasteiger partial charge in [-0.15, -0.1) is 0 Å². The maximum Gasteiger partial charge on any atom is 0 e. The van der Waals surface area contributed by atoms with Crippen molar-refractivity contribution in [1.82, 2.24) is 0 Å². The van der Waals surface area contributed by atoms with Crippen molar-refractivity contribution in [1.29, 1.82) is 0 Å². The molecule has 6 rings (SSSR count). The molecule has 0 aromatic heterocycles. The second-order valence-corrected chi connectivity index (χ2v) is 21.5. The molecule has 0 bridgehead atoms. The second kappa shape index (κ2) is 36.0. The summed E-state index contributed by atoms with van der Waals surface area (Å²) in [5.74, 6) is 0. The molecule has 0 spiro atoms. The Kier molecular flexibility index (Phi) is 40.2. The van der Waals surface area contributed by atoms with Gasteiger partial charge in [-0.05, 0) is 300 Å². The molecule has 0 atom stereocenters. The first-order valence-corrected chi connectivity index (χ1v) is 26.0. The van der Waals surface area contributed by atoms with Crippen molar-refractivity contribution in [2.75, 3.05) is 0 Å². The van der Waals surface area contributed by atoms with Gasteiger partial charge in [0, 0.05) is 65.4 Å². The van der Waals surface area contributed by atoms with Crippen LogP contribution >= 0.6 is 0 Å². The van der Waals surface area contributed by atoms with Gasteiger partial charge >= 0.3 is 0 Å². The maximum absolute atomic E-state index is 3.35. The molecule has 6 aromatic rings. The van der Waals surface area contributed by atoms with Crippen LogP contribution in [0.4, 0.5) is 0 Å². The summed E-state index contributed by atoms with van der Waals surface area (Å²) < 4.78 is 0. The van der Waals surface area contributed by atoms with E-state index in [4.69, 9.17) is 0 Å². The third kappa shape index (κ3) is 20.0. The Morgan fingerprint density at radius 1 is 0.118 bits per heavy atom. The number of rotatable bonds is 0. The molecule has 0 saturated carbocycles. The predicted octanol–water partition coefficient (Wildman–Crippen LogP) is 22.7. The van der Waals surface area contributed by atoms with Crippen LogP contribution in [0.15, 0.2) is 0 Å². The minimum absolute atomic E-state index is 0. The Labute approximate surface area is 526 Å². The van der Waals surface area contributed by atoms with Crippen LogP contribution in [-0.4, -0.2) is 0 Å². The largest absolute Gasteiger partial charge is 0.177 e. The minimum Gasteiger partial charge on any atom is -0.177 e. The molecule has 0 unspecified atom stereocenters. The smallest absolute Gasteiger partial charge is 0 e. The number of aryl methyl sites for hydroxylation is 4. The summed E-state index contributed by atoms with van der Waals surface area (Å²) in [5, 5.41) is 0. The predicted molar refractivity (Wildman–Crippen MR) is 344 cm³/mol. The van der Waals surface area contributed by atoms with E-state index >= 15 is 0 Å². The molecule has 6 aromatic carbocycles. The summed E-state index contributed by atoms with van der Waals surface area (Å²) in [6, 6.07) is 6.70. The standard InChI is InChI=1S/4C12H18.2C11H15.4CH4.2Y/c4*1-7-8(2)10(4)12(6)11(5)9(7)3;2*1-7-6-8(2)10(4)11(5)9(7)3;;;;;;/h4*1-6H3;2*1-5H3;4*1H4;;/q;;;;2*-1;;;;;;. The maximum atomic E-state index is 3.35. The van der Waals surface area contributed by atoms with Crippen LogP contribution in [0.25, 0.3) is 0 Å². The van der Waals surface area contributed by atoms with Crippen LogP contribution in [0.3, 0.4) is 0 Å². The Morgan fingerprint density at radius 2 is 0.171 bits per heavy atom. The van der Waals surface area contributed by atoms with Crippen LogP contribution in [-0.2, 0) is 65.4 Å². The molecule has 0 heterocycles. The summed E-state index contributed by atoms with van der Waals surface area (Å²) in [7, 11) is 0. The summed E-state index contributed by atoms with van der Waals surface area (Å²) in [4.78, 5) is 0. The Balaban J connectivity index is -0.000000190. The molecule has 0 fully saturated rings. The summed E-state index contributed by atoms with van der Waals surface area (Å²) in [6.07, 6.45) is 0. The van der Waals surface area contributed by atoms with Gasteiger partial charge in [-0.2, -0.15) is 67.8 Å². The van der Waals surface area contributed by atoms with Gasteiger partial charge in [-0.3, -0.25) is 0 Å². The van der Waals surface area contributed by atoms with E-state index in [1.165, 1.54) is 189 Å². The van der Waals surface area contributed by atoms with Crippen LogP contribution in [0.1, 0.15) is 219 Å². The molecule has 0 aliphatic heterocycles. The molecule has 76 heavy (non-hydrogen) atoms. The van der Waals surface area contributed by atoms with E-state index in [9.17, 15) is 0 Å². The van der Waals surface area contributed by atoms with Crippen LogP contribution < -0.4 is 0 Å². The topological polar surface area (TPSA) is 0 Å². The fraction of sp³-hybridized carbons (Fsp3) is 0.514. The number of hydrogen-bond donors (Lipinski definition) is 0. The summed E-state index contributed by atoms with van der Waals surface area (Å²) >= 11 is 0. The fourth-order valence-corrected chi connectivity index (χ4v) is 9.38. The van der Waals surface area contributed by atoms with E-state index in [0.29, 0.717) is 0 Å². The molecule has 2 heteroatoms. The Hall–Kier alpha value is -2.47. The summed E-state index contributed by atoms with van der Waals surface area (Å²) in [6.45, 7) is 74.6. The number of hydrogen-bond acceptors (Lipinski definition) is 0. The van der Waals surface area contributed by atoms with Crippen molar-refractivity contribution in [3.63, 3.8) is 0 Å². The molecular formula is C74H118Y2-2. The monoisotopic (exact) mass is 1180 g/mol. The van der Waals surface area contributed by atoms with E-state index in [1.54, 1.807) is 0 Å². The van der Waals surface area contributed by atoms with Crippen LogP contribution in [0.2, 0.25) is 0 Å². The van der Waals surface area contributed by atoms with Crippen molar-refractivity contribution in [3.05, 3.63) is 201 Å². The van der Waals surface area contributed by atoms with Gasteiger partial charge in [0.2, 0.25) is 0 Å². The zero-order valence-electron chi connectivity index (χ0n) is 53.2. The molecule has 0 amide bonds. The van der Waals surface area contributed by atoms with E-state index < -0.39 is 0 Å². The second-order valence-electron chi connectivity index (χ2n) is 21.5. The summed E-state index contributed by atoms with van der Waals surface area (Å²) in [5.41, 5.74) is 48.4. The van der Waals surface area contributed by atoms with Gasteiger partial charge in [-0.1, -0.05) is 98.9 Å². The molecule has 2 radical (unpaired) electrons. The molecular weight excluding hydrogens is 1070 g/mol. The third-order valence-corrected chi connectivity index (χ3v) is 18.8. The molecule has 0 aliphatic carbocycles. The number of benzene rings is 6. The van der Waals surface area contributed by atoms with E-state index in [0.717, 1.165) is 0 Å². The molecule has 0 nitrogen and oxygen atoms in total. The van der Waals surface area contributed by atoms with Crippen LogP contribution in [0, 0.1) is 248 Å². The third-order valence-electron chi connectivity index (χ3n) is 18.8. The van der Waals surface area contributed by atoms with E-state index in [2.05, 4.69) is 248 Å². The average molecular weight is 1190 g/mol. The van der Waals surface area contributed by atoms with Crippen molar-refractivity contribution >= 4 is 0 Å². The van der Waals surface area contributed by atoms with E-state index in [-0.39, 0.29) is 95.1 Å². The molecule has 422 valence electrons. The SMILES string of the molecule is C.C.C.C.Cc1[c-]c(C)c(C)c(C)c1C.Cc1[c-]c(C)c(C)c(C)c1C.Cc1c(C)c(C)c(C)c(C)c1C.Cc1c(C)c(C)c(C)c(C)c1C.Cc1c(C)c(C)c(C)c(C)c1C.Cc1c(C)c(C)c(C)c(C)c1C.[Y].[Y]. The van der Waals surface area contributed by atoms with Gasteiger partial charge in [-0.25, -0.2) is 0 Å². The molecule has 0 saturated heterocycles. The molecule has 0 N–H and O–H groups in total. The zero-order chi connectivity index (χ0) is 55.0. The van der Waals surface area contributed by atoms with Gasteiger partial charge in [0.1, 0.15) is 0 Å². The first-order chi connectivity index (χ1) is 31.9. The van der Waals surface area contributed by atoms with Gasteiger partial charge in [0.25, 0.3) is 0 Å². The van der Waals surface area contributed by atoms with Gasteiger partial charge < -0.3 is 0 Å². The molecule has 0 aliphatic rings. The normalized spacial score (nSPS) is 9.61. The van der Waals surface area contributed by atoms with Crippen molar-refractivity contribution in [2.45, 2.75) is 265 Å². The Bertz CT molecular complexity index is 2070. The van der Waals surface area contributed by atoms with Gasteiger partial charge in [0.05, 0.1) is 0 Å². The van der Waals surface area contributed by atoms with E-state index in [1.807, 2.05) is 0 Å². The van der Waals surface area contributed by atoms with Crippen molar-refractivity contribution in [2.24, 2.45) is 0 Å². The minimum atomic E-state index is 0. The zero-order valence-corrected chi connectivity index (χ0v) is 58.8. The first-order valence-electron chi connectivity index (χ1n) is 26.0. The van der Waals surface area contributed by atoms with Gasteiger partial charge in [0.15, 0.2) is 0 Å². The van der Waals surface area contributed by atoms with Crippen LogP contribution in [0.5, 0.6) is 0 Å². The van der Waals surface area contributed by atoms with Crippen molar-refractivity contribution < 1.29 is 65.4 Å². The van der Waals surface area contributed by atoms with Crippen molar-refractivity contribution in [3.8, 4) is 0 Å². The first kappa shape index (κ1) is 84.8.